The Morgan fingerprint density at radius 2 is 1.78 bits per heavy atom. The molecular formula is C23H11ClF5N3O4. The molecule has 0 bridgehead atoms. The number of rotatable bonds is 3. The molecule has 36 heavy (non-hydrogen) atoms. The summed E-state index contributed by atoms with van der Waals surface area (Å²) >= 11 is 6.21. The predicted octanol–water partition coefficient (Wildman–Crippen LogP) is 5.16. The molecule has 184 valence electrons. The summed E-state index contributed by atoms with van der Waals surface area (Å²) in [6.07, 6.45) is -4.91. The monoisotopic (exact) mass is 523 g/mol. The predicted molar refractivity (Wildman–Crippen MR) is 117 cm³/mol. The number of hydrogen-bond acceptors (Lipinski definition) is 4. The third kappa shape index (κ3) is 3.98. The van der Waals surface area contributed by atoms with Gasteiger partial charge in [0.15, 0.2) is 5.58 Å². The normalized spacial score (nSPS) is 15.2. The number of nitrogens with one attached hydrogen (secondary N) is 3. The van der Waals surface area contributed by atoms with E-state index < -0.39 is 52.5 Å². The van der Waals surface area contributed by atoms with Gasteiger partial charge in [-0.3, -0.25) is 14.6 Å². The Kier molecular flexibility index (Phi) is 5.36. The van der Waals surface area contributed by atoms with E-state index >= 15 is 0 Å². The van der Waals surface area contributed by atoms with Crippen LogP contribution in [0.15, 0.2) is 51.7 Å². The Bertz CT molecular complexity index is 1640. The molecule has 0 radical (unpaired) electrons. The van der Waals surface area contributed by atoms with Gasteiger partial charge in [0.25, 0.3) is 11.8 Å². The molecule has 0 fully saturated rings. The molecule has 0 aliphatic carbocycles. The maximum absolute atomic E-state index is 14.0. The third-order valence-electron chi connectivity index (χ3n) is 5.55. The van der Waals surface area contributed by atoms with Gasteiger partial charge in [-0.15, -0.1) is 0 Å². The summed E-state index contributed by atoms with van der Waals surface area (Å²) in [5.74, 6) is -4.79. The average molecular weight is 524 g/mol. The number of amides is 2. The molecule has 1 aromatic heterocycles. The molecule has 2 heterocycles. The van der Waals surface area contributed by atoms with Gasteiger partial charge in [0.1, 0.15) is 11.6 Å². The van der Waals surface area contributed by atoms with Crippen molar-refractivity contribution in [3.63, 3.8) is 0 Å². The zero-order valence-electron chi connectivity index (χ0n) is 17.5. The van der Waals surface area contributed by atoms with Crippen LogP contribution in [0, 0.1) is 11.6 Å². The Morgan fingerprint density at radius 1 is 1.03 bits per heavy atom. The summed E-state index contributed by atoms with van der Waals surface area (Å²) in [7, 11) is 0. The fourth-order valence-corrected chi connectivity index (χ4v) is 4.29. The highest BCUT2D eigenvalue weighted by Crippen LogP contribution is 2.42. The van der Waals surface area contributed by atoms with E-state index in [1.165, 1.54) is 12.1 Å². The number of halogens is 6. The molecule has 1 atom stereocenters. The second kappa shape index (κ2) is 8.19. The number of H-pyrrole nitrogens is 1. The lowest BCUT2D eigenvalue weighted by atomic mass is 9.95. The summed E-state index contributed by atoms with van der Waals surface area (Å²) in [5, 5.41) is 4.98. The van der Waals surface area contributed by atoms with Crippen LogP contribution in [0.5, 0.6) is 0 Å². The van der Waals surface area contributed by atoms with Crippen LogP contribution in [0.1, 0.15) is 43.4 Å². The van der Waals surface area contributed by atoms with Crippen molar-refractivity contribution < 1.29 is 36.0 Å². The van der Waals surface area contributed by atoms with Gasteiger partial charge < -0.3 is 15.1 Å². The number of aromatic nitrogens is 1. The third-order valence-corrected chi connectivity index (χ3v) is 5.89. The molecular weight excluding hydrogens is 513 g/mol. The Morgan fingerprint density at radius 3 is 2.50 bits per heavy atom. The maximum atomic E-state index is 14.0. The summed E-state index contributed by atoms with van der Waals surface area (Å²) in [6, 6.07) is 4.76. The van der Waals surface area contributed by atoms with Crippen molar-refractivity contribution in [2.24, 2.45) is 0 Å². The zero-order valence-corrected chi connectivity index (χ0v) is 18.3. The fraction of sp³-hybridized carbons (Fsp3) is 0.0870. The first-order chi connectivity index (χ1) is 16.9. The highest BCUT2D eigenvalue weighted by molar-refractivity contribution is 6.31. The number of anilines is 1. The number of alkyl halides is 3. The Hall–Kier alpha value is -4.19. The van der Waals surface area contributed by atoms with E-state index in [-0.39, 0.29) is 44.6 Å². The maximum Gasteiger partial charge on any atom is 0.417 e. The number of oxazole rings is 1. The topological polar surface area (TPSA) is 104 Å². The van der Waals surface area contributed by atoms with Gasteiger partial charge in [0.2, 0.25) is 0 Å². The molecule has 1 aliphatic rings. The SMILES string of the molecule is O=C(Nc1cc2[nH]c(=O)oc2c2c1C(c1cc(F)ccc1Cl)NC2=O)c1cc(F)cc(C(F)(F)F)c1. The van der Waals surface area contributed by atoms with Crippen molar-refractivity contribution in [2.45, 2.75) is 12.2 Å². The molecule has 0 spiro atoms. The first-order valence-electron chi connectivity index (χ1n) is 10.1. The molecule has 13 heteroatoms. The van der Waals surface area contributed by atoms with Crippen molar-refractivity contribution in [3.05, 3.63) is 97.5 Å². The number of fused-ring (bicyclic) bond motifs is 3. The van der Waals surface area contributed by atoms with E-state index in [1.54, 1.807) is 0 Å². The van der Waals surface area contributed by atoms with E-state index in [0.29, 0.717) is 12.1 Å². The lowest BCUT2D eigenvalue weighted by Gasteiger charge is -2.18. The van der Waals surface area contributed by atoms with Gasteiger partial charge in [-0.1, -0.05) is 11.6 Å². The van der Waals surface area contributed by atoms with Crippen LogP contribution in [-0.4, -0.2) is 16.8 Å². The average Bonchev–Trinajstić information content (AvgIpc) is 3.33. The van der Waals surface area contributed by atoms with Crippen molar-refractivity contribution in [1.29, 1.82) is 0 Å². The van der Waals surface area contributed by atoms with Crippen molar-refractivity contribution in [1.82, 2.24) is 10.3 Å². The molecule has 3 aromatic carbocycles. The first-order valence-corrected chi connectivity index (χ1v) is 10.4. The molecule has 3 N–H and O–H groups in total. The zero-order chi connectivity index (χ0) is 25.9. The number of benzene rings is 3. The van der Waals surface area contributed by atoms with Crippen molar-refractivity contribution >= 4 is 40.2 Å². The van der Waals surface area contributed by atoms with Crippen LogP contribution < -0.4 is 16.4 Å². The van der Waals surface area contributed by atoms with Gasteiger partial charge in [0, 0.05) is 27.4 Å². The highest BCUT2D eigenvalue weighted by Gasteiger charge is 2.38. The van der Waals surface area contributed by atoms with Gasteiger partial charge in [-0.05, 0) is 42.5 Å². The molecule has 1 unspecified atom stereocenters. The second-order valence-electron chi connectivity index (χ2n) is 7.86. The second-order valence-corrected chi connectivity index (χ2v) is 8.26. The fourth-order valence-electron chi connectivity index (χ4n) is 4.06. The summed E-state index contributed by atoms with van der Waals surface area (Å²) in [5.41, 5.74) is -2.41. The minimum absolute atomic E-state index is 0.00888. The van der Waals surface area contributed by atoms with Crippen molar-refractivity contribution in [3.8, 4) is 0 Å². The first kappa shape index (κ1) is 23.5. The van der Waals surface area contributed by atoms with Crippen LogP contribution in [0.2, 0.25) is 5.02 Å². The summed E-state index contributed by atoms with van der Waals surface area (Å²) in [6.45, 7) is 0. The van der Waals surface area contributed by atoms with Crippen LogP contribution in [0.4, 0.5) is 27.6 Å². The number of hydrogen-bond donors (Lipinski definition) is 3. The molecule has 4 aromatic rings. The Balaban J connectivity index is 1.68. The number of aromatic amines is 1. The lowest BCUT2D eigenvalue weighted by molar-refractivity contribution is -0.137. The quantitative estimate of drug-likeness (QED) is 0.323. The van der Waals surface area contributed by atoms with Crippen LogP contribution in [-0.2, 0) is 6.18 Å². The molecule has 5 rings (SSSR count). The molecule has 1 aliphatic heterocycles. The minimum Gasteiger partial charge on any atom is -0.407 e. The van der Waals surface area contributed by atoms with Gasteiger partial charge in [-0.2, -0.15) is 13.2 Å². The van der Waals surface area contributed by atoms with Gasteiger partial charge in [-0.25, -0.2) is 13.6 Å². The number of carbonyl (C=O) groups excluding carboxylic acids is 2. The summed E-state index contributed by atoms with van der Waals surface area (Å²) < 4.78 is 72.3. The molecule has 0 saturated carbocycles. The molecule has 2 amide bonds. The van der Waals surface area contributed by atoms with Gasteiger partial charge in [0.05, 0.1) is 22.7 Å². The minimum atomic E-state index is -4.91. The molecule has 0 saturated heterocycles. The van der Waals surface area contributed by atoms with Crippen LogP contribution in [0.3, 0.4) is 0 Å². The summed E-state index contributed by atoms with van der Waals surface area (Å²) in [4.78, 5) is 39.9. The van der Waals surface area contributed by atoms with Gasteiger partial charge >= 0.3 is 11.9 Å². The van der Waals surface area contributed by atoms with Crippen LogP contribution in [0.25, 0.3) is 11.1 Å². The number of carbonyl (C=O) groups is 2. The van der Waals surface area contributed by atoms with Crippen molar-refractivity contribution in [2.75, 3.05) is 5.32 Å². The van der Waals surface area contributed by atoms with E-state index in [9.17, 15) is 36.3 Å². The smallest absolute Gasteiger partial charge is 0.407 e. The van der Waals surface area contributed by atoms with E-state index in [2.05, 4.69) is 15.6 Å². The largest absolute Gasteiger partial charge is 0.417 e. The van der Waals surface area contributed by atoms with E-state index in [1.807, 2.05) is 0 Å². The van der Waals surface area contributed by atoms with Crippen LogP contribution >= 0.6 is 11.6 Å². The van der Waals surface area contributed by atoms with E-state index in [0.717, 1.165) is 12.1 Å². The standard InChI is InChI=1S/C23H11ClF5N3O4/c24-13-2-1-10(25)6-12(13)18-16-14(7-15-19(36-22(35)31-15)17(16)21(34)32-18)30-20(33)8-3-9(23(27,28)29)5-11(26)4-8/h1-7,18H,(H,30,33)(H,31,35)(H,32,34). The lowest BCUT2D eigenvalue weighted by Crippen LogP contribution is -2.21. The highest BCUT2D eigenvalue weighted by atomic mass is 35.5. The molecule has 7 nitrogen and oxygen atoms in total. The Labute approximate surface area is 201 Å². The van der Waals surface area contributed by atoms with E-state index in [4.69, 9.17) is 16.0 Å².